The molecule has 2 amide bonds. The van der Waals surface area contributed by atoms with Gasteiger partial charge in [0.05, 0.1) is 17.5 Å². The number of phenolic OH excluding ortho intramolecular Hbond substituents is 1. The second-order valence-electron chi connectivity index (χ2n) is 6.56. The number of fused-ring (bicyclic) bond motifs is 1. The number of anilines is 1. The molecule has 2 aromatic carbocycles. The number of aromatic hydroxyl groups is 1. The number of rotatable bonds is 3. The van der Waals surface area contributed by atoms with E-state index < -0.39 is 47.5 Å². The summed E-state index contributed by atoms with van der Waals surface area (Å²) in [6.07, 6.45) is 0. The first-order chi connectivity index (χ1) is 12.9. The average molecular weight is 370 g/mol. The van der Waals surface area contributed by atoms with Crippen molar-refractivity contribution in [3.63, 3.8) is 0 Å². The predicted molar refractivity (Wildman–Crippen MR) is 91.3 cm³/mol. The van der Waals surface area contributed by atoms with E-state index >= 15 is 0 Å². The molecule has 0 saturated carbocycles. The molecule has 2 heterocycles. The third-order valence-corrected chi connectivity index (χ3v) is 5.10. The van der Waals surface area contributed by atoms with Gasteiger partial charge in [0.25, 0.3) is 0 Å². The molecule has 0 radical (unpaired) electrons. The SMILES string of the molecule is O=C(O)[C@@H]1N[C@H](c2ccccc2O)[C@H]2C(=O)N(c3ccc(F)cc3)C(=O)[C@H]21. The lowest BCUT2D eigenvalue weighted by molar-refractivity contribution is -0.142. The minimum atomic E-state index is -1.28. The molecule has 4 atom stereocenters. The highest BCUT2D eigenvalue weighted by Crippen LogP contribution is 2.46. The van der Waals surface area contributed by atoms with Crippen LogP contribution in [0.1, 0.15) is 11.6 Å². The van der Waals surface area contributed by atoms with Crippen LogP contribution < -0.4 is 10.2 Å². The van der Waals surface area contributed by atoms with Crippen LogP contribution in [0.2, 0.25) is 0 Å². The summed E-state index contributed by atoms with van der Waals surface area (Å²) in [6.45, 7) is 0. The van der Waals surface area contributed by atoms with Crippen LogP contribution in [0.3, 0.4) is 0 Å². The number of carbonyl (C=O) groups is 3. The van der Waals surface area contributed by atoms with Crippen LogP contribution in [-0.2, 0) is 14.4 Å². The maximum Gasteiger partial charge on any atom is 0.321 e. The van der Waals surface area contributed by atoms with E-state index in [1.54, 1.807) is 18.2 Å². The average Bonchev–Trinajstić information content (AvgIpc) is 3.14. The zero-order chi connectivity index (χ0) is 19.3. The first-order valence-corrected chi connectivity index (χ1v) is 8.30. The number of nitrogens with one attached hydrogen (secondary N) is 1. The summed E-state index contributed by atoms with van der Waals surface area (Å²) in [5.41, 5.74) is 0.527. The van der Waals surface area contributed by atoms with E-state index in [9.17, 15) is 29.0 Å². The summed E-state index contributed by atoms with van der Waals surface area (Å²) in [4.78, 5) is 38.5. The van der Waals surface area contributed by atoms with Gasteiger partial charge in [-0.2, -0.15) is 0 Å². The maximum atomic E-state index is 13.2. The van der Waals surface area contributed by atoms with Crippen molar-refractivity contribution >= 4 is 23.5 Å². The molecule has 138 valence electrons. The summed E-state index contributed by atoms with van der Waals surface area (Å²) in [5, 5.41) is 22.5. The van der Waals surface area contributed by atoms with Crippen molar-refractivity contribution in [3.8, 4) is 5.75 Å². The van der Waals surface area contributed by atoms with Gasteiger partial charge in [0.2, 0.25) is 11.8 Å². The van der Waals surface area contributed by atoms with Crippen molar-refractivity contribution in [2.45, 2.75) is 12.1 Å². The third kappa shape index (κ3) is 2.57. The van der Waals surface area contributed by atoms with E-state index in [1.807, 2.05) is 0 Å². The van der Waals surface area contributed by atoms with Gasteiger partial charge >= 0.3 is 5.97 Å². The number of amides is 2. The van der Waals surface area contributed by atoms with Crippen molar-refractivity contribution in [3.05, 3.63) is 59.9 Å². The van der Waals surface area contributed by atoms with E-state index in [1.165, 1.54) is 18.2 Å². The van der Waals surface area contributed by atoms with Gasteiger partial charge in [0.15, 0.2) is 0 Å². The van der Waals surface area contributed by atoms with E-state index in [4.69, 9.17) is 0 Å². The number of hydrogen-bond donors (Lipinski definition) is 3. The number of hydrogen-bond acceptors (Lipinski definition) is 5. The van der Waals surface area contributed by atoms with E-state index in [-0.39, 0.29) is 11.4 Å². The first kappa shape index (κ1) is 17.2. The summed E-state index contributed by atoms with van der Waals surface area (Å²) >= 11 is 0. The second-order valence-corrected chi connectivity index (χ2v) is 6.56. The molecule has 3 N–H and O–H groups in total. The molecule has 27 heavy (non-hydrogen) atoms. The Morgan fingerprint density at radius 3 is 2.26 bits per heavy atom. The van der Waals surface area contributed by atoms with Crippen molar-refractivity contribution in [2.75, 3.05) is 4.90 Å². The molecule has 7 nitrogen and oxygen atoms in total. The molecule has 2 fully saturated rings. The molecule has 0 aromatic heterocycles. The fourth-order valence-electron chi connectivity index (χ4n) is 3.92. The molecular formula is C19H15FN2O5. The Morgan fingerprint density at radius 1 is 1.00 bits per heavy atom. The zero-order valence-electron chi connectivity index (χ0n) is 13.9. The maximum absolute atomic E-state index is 13.2. The minimum absolute atomic E-state index is 0.0970. The molecule has 2 aliphatic heterocycles. The molecule has 0 bridgehead atoms. The number of aliphatic carboxylic acids is 1. The normalized spacial score (nSPS) is 27.1. The van der Waals surface area contributed by atoms with E-state index in [0.29, 0.717) is 5.56 Å². The number of nitrogens with zero attached hydrogens (tertiary/aromatic N) is 1. The lowest BCUT2D eigenvalue weighted by atomic mass is 9.86. The Morgan fingerprint density at radius 2 is 1.63 bits per heavy atom. The number of halogens is 1. The molecule has 2 aliphatic rings. The quantitative estimate of drug-likeness (QED) is 0.706. The van der Waals surface area contributed by atoms with Crippen LogP contribution in [0.15, 0.2) is 48.5 Å². The van der Waals surface area contributed by atoms with Crippen LogP contribution in [-0.4, -0.2) is 34.0 Å². The molecule has 2 saturated heterocycles. The highest BCUT2D eigenvalue weighted by molar-refractivity contribution is 6.23. The fourth-order valence-corrected chi connectivity index (χ4v) is 3.92. The zero-order valence-corrected chi connectivity index (χ0v) is 13.9. The van der Waals surface area contributed by atoms with Crippen LogP contribution >= 0.6 is 0 Å². The Balaban J connectivity index is 1.79. The number of benzene rings is 2. The Bertz CT molecular complexity index is 945. The third-order valence-electron chi connectivity index (χ3n) is 5.10. The van der Waals surface area contributed by atoms with Crippen molar-refractivity contribution in [2.24, 2.45) is 11.8 Å². The molecule has 2 aromatic rings. The van der Waals surface area contributed by atoms with Crippen molar-refractivity contribution < 1.29 is 29.0 Å². The highest BCUT2D eigenvalue weighted by Gasteiger charge is 2.61. The predicted octanol–water partition coefficient (Wildman–Crippen LogP) is 1.43. The minimum Gasteiger partial charge on any atom is -0.508 e. The van der Waals surface area contributed by atoms with Gasteiger partial charge in [-0.3, -0.25) is 19.7 Å². The molecule has 0 unspecified atom stereocenters. The van der Waals surface area contributed by atoms with Gasteiger partial charge in [-0.05, 0) is 30.3 Å². The second kappa shape index (κ2) is 6.17. The summed E-state index contributed by atoms with van der Waals surface area (Å²) in [7, 11) is 0. The molecule has 0 spiro atoms. The van der Waals surface area contributed by atoms with E-state index in [2.05, 4.69) is 5.32 Å². The number of carbonyl (C=O) groups excluding carboxylic acids is 2. The van der Waals surface area contributed by atoms with Crippen LogP contribution in [0.5, 0.6) is 5.75 Å². The number of phenols is 1. The largest absolute Gasteiger partial charge is 0.508 e. The summed E-state index contributed by atoms with van der Waals surface area (Å²) in [5.74, 6) is -5.22. The number of carboxylic acid groups (broad SMARTS) is 1. The Kier molecular flexibility index (Phi) is 3.92. The lowest BCUT2D eigenvalue weighted by Gasteiger charge is -2.22. The molecule has 4 rings (SSSR count). The van der Waals surface area contributed by atoms with E-state index in [0.717, 1.165) is 17.0 Å². The topological polar surface area (TPSA) is 107 Å². The molecule has 0 aliphatic carbocycles. The summed E-state index contributed by atoms with van der Waals surface area (Å²) in [6, 6.07) is 8.99. The van der Waals surface area contributed by atoms with Crippen LogP contribution in [0.25, 0.3) is 0 Å². The van der Waals surface area contributed by atoms with Gasteiger partial charge in [-0.25, -0.2) is 9.29 Å². The standard InChI is InChI=1S/C19H15FN2O5/c20-9-5-7-10(8-6-9)22-17(24)13-14(18(22)25)16(19(26)27)21-15(13)11-3-1-2-4-12(11)23/h1-8,13-16,21,23H,(H,26,27)/t13-,14+,15+,16+/m0/s1. The Hall–Kier alpha value is -3.26. The van der Waals surface area contributed by atoms with Gasteiger partial charge in [0, 0.05) is 11.6 Å². The molecule has 8 heteroatoms. The number of para-hydroxylation sites is 1. The smallest absolute Gasteiger partial charge is 0.321 e. The highest BCUT2D eigenvalue weighted by atomic mass is 19.1. The Labute approximate surface area is 153 Å². The van der Waals surface area contributed by atoms with Gasteiger partial charge in [-0.15, -0.1) is 0 Å². The number of carboxylic acids is 1. The summed E-state index contributed by atoms with van der Waals surface area (Å²) < 4.78 is 13.2. The van der Waals surface area contributed by atoms with Crippen LogP contribution in [0, 0.1) is 17.7 Å². The van der Waals surface area contributed by atoms with Gasteiger partial charge < -0.3 is 10.2 Å². The van der Waals surface area contributed by atoms with Crippen molar-refractivity contribution in [1.82, 2.24) is 5.32 Å². The van der Waals surface area contributed by atoms with Gasteiger partial charge in [-0.1, -0.05) is 18.2 Å². The van der Waals surface area contributed by atoms with Crippen molar-refractivity contribution in [1.29, 1.82) is 0 Å². The molecular weight excluding hydrogens is 355 g/mol. The lowest BCUT2D eigenvalue weighted by Crippen LogP contribution is -2.43. The fraction of sp³-hybridized carbons (Fsp3) is 0.211. The number of imide groups is 1. The van der Waals surface area contributed by atoms with Gasteiger partial charge in [0.1, 0.15) is 17.6 Å². The first-order valence-electron chi connectivity index (χ1n) is 8.30. The van der Waals surface area contributed by atoms with Crippen LogP contribution in [0.4, 0.5) is 10.1 Å². The monoisotopic (exact) mass is 370 g/mol.